The van der Waals surface area contributed by atoms with E-state index in [-0.39, 0.29) is 12.4 Å². The molecule has 0 radical (unpaired) electrons. The zero-order chi connectivity index (χ0) is 13.5. The van der Waals surface area contributed by atoms with Crippen molar-refractivity contribution in [3.63, 3.8) is 0 Å². The van der Waals surface area contributed by atoms with Crippen LogP contribution in [0.2, 0.25) is 0 Å². The molecular formula is C8H7ClF7NS. The molecular weight excluding hydrogens is 311 g/mol. The zero-order valence-electron chi connectivity index (χ0n) is 8.35. The van der Waals surface area contributed by atoms with Crippen LogP contribution in [0.25, 0.3) is 0 Å². The van der Waals surface area contributed by atoms with Gasteiger partial charge in [0.25, 0.3) is 0 Å². The van der Waals surface area contributed by atoms with Gasteiger partial charge in [-0.1, -0.05) is 6.07 Å². The van der Waals surface area contributed by atoms with E-state index in [2.05, 4.69) is 0 Å². The van der Waals surface area contributed by atoms with Gasteiger partial charge in [-0.3, -0.25) is 0 Å². The van der Waals surface area contributed by atoms with E-state index in [1.54, 1.807) is 0 Å². The highest BCUT2D eigenvalue weighted by Gasteiger charge is 2.75. The maximum absolute atomic E-state index is 13.1. The normalized spacial score (nSPS) is 15.1. The van der Waals surface area contributed by atoms with E-state index in [4.69, 9.17) is 5.73 Å². The molecule has 0 saturated heterocycles. The van der Waals surface area contributed by atoms with Crippen LogP contribution in [0.4, 0.5) is 30.7 Å². The Labute approximate surface area is 107 Å². The van der Waals surface area contributed by atoms with Gasteiger partial charge < -0.3 is 5.73 Å². The Kier molecular flexibility index (Phi) is 5.06. The van der Waals surface area contributed by atoms with Gasteiger partial charge in [-0.05, 0) is 11.4 Å². The Balaban J connectivity index is 0.00000289. The van der Waals surface area contributed by atoms with Crippen molar-refractivity contribution < 1.29 is 30.7 Å². The van der Waals surface area contributed by atoms with Crippen LogP contribution >= 0.6 is 23.7 Å². The summed E-state index contributed by atoms with van der Waals surface area (Å²) < 4.78 is 86.9. The fraction of sp³-hybridized carbons (Fsp3) is 0.500. The van der Waals surface area contributed by atoms with E-state index in [1.807, 2.05) is 0 Å². The van der Waals surface area contributed by atoms with Gasteiger partial charge >= 0.3 is 18.0 Å². The summed E-state index contributed by atoms with van der Waals surface area (Å²) in [5.41, 5.74) is 4.78. The second-order valence-electron chi connectivity index (χ2n) is 3.19. The third-order valence-corrected chi connectivity index (χ3v) is 2.97. The molecule has 1 nitrogen and oxygen atoms in total. The average molecular weight is 318 g/mol. The predicted molar refractivity (Wildman–Crippen MR) is 54.4 cm³/mol. The minimum atomic E-state index is -6.36. The van der Waals surface area contributed by atoms with Gasteiger partial charge in [0.15, 0.2) is 0 Å². The lowest BCUT2D eigenvalue weighted by atomic mass is 10.0. The topological polar surface area (TPSA) is 26.0 Å². The summed E-state index contributed by atoms with van der Waals surface area (Å²) in [4.78, 5) is -0.445. The van der Waals surface area contributed by atoms with Crippen LogP contribution in [-0.4, -0.2) is 18.0 Å². The first-order chi connectivity index (χ1) is 7.52. The molecule has 0 aliphatic carbocycles. The quantitative estimate of drug-likeness (QED) is 0.838. The molecule has 1 atom stereocenters. The summed E-state index contributed by atoms with van der Waals surface area (Å²) in [6.07, 6.45) is -6.36. The standard InChI is InChI=1S/C8H6F7NS.ClH/c9-6(10,7(11,12)8(13,14)15)5(16)4-2-1-3-17-4;/h1-3,5H,16H2;1H/t5-;/m0./s1. The largest absolute Gasteiger partial charge is 0.459 e. The van der Waals surface area contributed by atoms with E-state index >= 15 is 0 Å². The van der Waals surface area contributed by atoms with Crippen molar-refractivity contribution in [2.45, 2.75) is 24.1 Å². The minimum Gasteiger partial charge on any atom is -0.318 e. The Bertz CT molecular complexity index is 375. The zero-order valence-corrected chi connectivity index (χ0v) is 9.98. The van der Waals surface area contributed by atoms with Crippen LogP contribution < -0.4 is 5.73 Å². The van der Waals surface area contributed by atoms with Crippen LogP contribution in [0, 0.1) is 0 Å². The number of alkyl halides is 7. The third kappa shape index (κ3) is 2.72. The summed E-state index contributed by atoms with van der Waals surface area (Å²) in [5, 5.41) is 1.25. The van der Waals surface area contributed by atoms with E-state index < -0.39 is 28.9 Å². The molecule has 0 aliphatic heterocycles. The monoisotopic (exact) mass is 317 g/mol. The van der Waals surface area contributed by atoms with Gasteiger partial charge in [0, 0.05) is 4.88 Å². The highest BCUT2D eigenvalue weighted by atomic mass is 35.5. The molecule has 1 rings (SSSR count). The average Bonchev–Trinajstić information content (AvgIpc) is 2.66. The van der Waals surface area contributed by atoms with E-state index in [9.17, 15) is 30.7 Å². The third-order valence-electron chi connectivity index (χ3n) is 2.01. The van der Waals surface area contributed by atoms with Crippen LogP contribution in [0.1, 0.15) is 10.9 Å². The molecule has 0 aromatic carbocycles. The van der Waals surface area contributed by atoms with Crippen molar-refractivity contribution in [2.24, 2.45) is 5.73 Å². The van der Waals surface area contributed by atoms with Gasteiger partial charge in [-0.25, -0.2) is 0 Å². The number of hydrogen-bond donors (Lipinski definition) is 1. The molecule has 18 heavy (non-hydrogen) atoms. The predicted octanol–water partition coefficient (Wildman–Crippen LogP) is 4.00. The minimum absolute atomic E-state index is 0. The molecule has 106 valence electrons. The van der Waals surface area contributed by atoms with Crippen molar-refractivity contribution in [1.82, 2.24) is 0 Å². The molecule has 0 amide bonds. The Morgan fingerprint density at radius 1 is 1.06 bits per heavy atom. The Morgan fingerprint density at radius 3 is 1.89 bits per heavy atom. The van der Waals surface area contributed by atoms with E-state index in [1.165, 1.54) is 11.4 Å². The SMILES string of the molecule is Cl.N[C@@H](c1cccs1)C(F)(F)C(F)(F)C(F)(F)F. The maximum Gasteiger partial charge on any atom is 0.459 e. The molecule has 0 spiro atoms. The molecule has 0 saturated carbocycles. The Hall–Kier alpha value is -0.540. The summed E-state index contributed by atoms with van der Waals surface area (Å²) in [6, 6.07) is -0.517. The van der Waals surface area contributed by atoms with Crippen molar-refractivity contribution in [2.75, 3.05) is 0 Å². The van der Waals surface area contributed by atoms with Crippen LogP contribution in [0.15, 0.2) is 17.5 Å². The first kappa shape index (κ1) is 17.5. The first-order valence-electron chi connectivity index (χ1n) is 4.13. The second-order valence-corrected chi connectivity index (χ2v) is 4.17. The molecule has 0 bridgehead atoms. The van der Waals surface area contributed by atoms with E-state index in [0.717, 1.165) is 6.07 Å². The van der Waals surface area contributed by atoms with Gasteiger partial charge in [0.1, 0.15) is 6.04 Å². The van der Waals surface area contributed by atoms with Gasteiger partial charge in [-0.2, -0.15) is 30.7 Å². The highest BCUT2D eigenvalue weighted by molar-refractivity contribution is 7.10. The number of halogens is 8. The molecule has 0 aliphatic rings. The Morgan fingerprint density at radius 2 is 1.56 bits per heavy atom. The summed E-state index contributed by atoms with van der Waals surface area (Å²) >= 11 is 0.579. The molecule has 10 heteroatoms. The number of nitrogens with two attached hydrogens (primary N) is 1. The van der Waals surface area contributed by atoms with Crippen LogP contribution in [0.5, 0.6) is 0 Å². The molecule has 0 fully saturated rings. The lowest BCUT2D eigenvalue weighted by Crippen LogP contribution is -2.56. The number of hydrogen-bond acceptors (Lipinski definition) is 2. The lowest BCUT2D eigenvalue weighted by molar-refractivity contribution is -0.359. The molecule has 1 aromatic heterocycles. The van der Waals surface area contributed by atoms with Crippen molar-refractivity contribution in [1.29, 1.82) is 0 Å². The smallest absolute Gasteiger partial charge is 0.318 e. The summed E-state index contributed by atoms with van der Waals surface area (Å²) in [6.45, 7) is 0. The lowest BCUT2D eigenvalue weighted by Gasteiger charge is -2.31. The van der Waals surface area contributed by atoms with Crippen LogP contribution in [0.3, 0.4) is 0 Å². The molecule has 1 heterocycles. The van der Waals surface area contributed by atoms with Gasteiger partial charge in [0.05, 0.1) is 0 Å². The fourth-order valence-electron chi connectivity index (χ4n) is 1.03. The van der Waals surface area contributed by atoms with Crippen molar-refractivity contribution in [3.8, 4) is 0 Å². The molecule has 1 aromatic rings. The number of thiophene rings is 1. The van der Waals surface area contributed by atoms with Gasteiger partial charge in [-0.15, -0.1) is 23.7 Å². The molecule has 0 unspecified atom stereocenters. The number of rotatable bonds is 3. The van der Waals surface area contributed by atoms with E-state index in [0.29, 0.717) is 11.3 Å². The molecule has 2 N–H and O–H groups in total. The van der Waals surface area contributed by atoms with Crippen LogP contribution in [-0.2, 0) is 0 Å². The first-order valence-corrected chi connectivity index (χ1v) is 5.01. The highest BCUT2D eigenvalue weighted by Crippen LogP contribution is 2.51. The summed E-state index contributed by atoms with van der Waals surface area (Å²) in [7, 11) is 0. The van der Waals surface area contributed by atoms with Gasteiger partial charge in [0.2, 0.25) is 0 Å². The maximum atomic E-state index is 13.1. The summed E-state index contributed by atoms with van der Waals surface area (Å²) in [5.74, 6) is -11.6. The van der Waals surface area contributed by atoms with Crippen molar-refractivity contribution >= 4 is 23.7 Å². The second kappa shape index (κ2) is 5.22. The van der Waals surface area contributed by atoms with Crippen molar-refractivity contribution in [3.05, 3.63) is 22.4 Å². The fourth-order valence-corrected chi connectivity index (χ4v) is 1.80.